The molecule has 1 rings (SSSR count). The molecule has 19 heteroatoms. The van der Waals surface area contributed by atoms with E-state index in [0.717, 1.165) is 70.6 Å². The van der Waals surface area contributed by atoms with E-state index in [9.17, 15) is 48.8 Å². The SMILES string of the molecule is CC/C=C\C/C=C\C/C=C\C/C=C\C/C=C\CCCCCC(=O)O[C@H](COC(=O)CCCCC(=O)C[C@@H]1[C@@H](/C=C/[C@@H](O)CCCCC)[C@H](O)C[C@@H]1O)COP(=O)(O)OC[C@@H](O)COP(=O)(O)O. The number of aliphatic hydroxyl groups is 4. The number of hydrogen-bond donors (Lipinski definition) is 7. The fraction of sp³-hybridized carbons (Fsp3) is 0.688. The van der Waals surface area contributed by atoms with Gasteiger partial charge in [0.25, 0.3) is 0 Å². The molecule has 0 aromatic heterocycles. The Labute approximate surface area is 397 Å². The predicted octanol–water partition coefficient (Wildman–Crippen LogP) is 8.12. The highest BCUT2D eigenvalue weighted by molar-refractivity contribution is 7.47. The van der Waals surface area contributed by atoms with Gasteiger partial charge in [0.15, 0.2) is 6.10 Å². The van der Waals surface area contributed by atoms with Crippen molar-refractivity contribution >= 4 is 33.4 Å². The lowest BCUT2D eigenvalue weighted by molar-refractivity contribution is -0.161. The van der Waals surface area contributed by atoms with Gasteiger partial charge in [-0.15, -0.1) is 0 Å². The van der Waals surface area contributed by atoms with Crippen LogP contribution in [0.4, 0.5) is 0 Å². The Morgan fingerprint density at radius 3 is 1.84 bits per heavy atom. The zero-order valence-electron chi connectivity index (χ0n) is 39.5. The van der Waals surface area contributed by atoms with Gasteiger partial charge in [-0.1, -0.05) is 112 Å². The molecule has 0 aromatic carbocycles. The Balaban J connectivity index is 2.58. The zero-order valence-corrected chi connectivity index (χ0v) is 41.3. The summed E-state index contributed by atoms with van der Waals surface area (Å²) >= 11 is 0. The van der Waals surface area contributed by atoms with Gasteiger partial charge in [0.2, 0.25) is 0 Å². The molecule has 0 amide bonds. The highest BCUT2D eigenvalue weighted by Gasteiger charge is 2.41. The normalized spacial score (nSPS) is 20.5. The number of aliphatic hydroxyl groups excluding tert-OH is 4. The van der Waals surface area contributed by atoms with Crippen molar-refractivity contribution in [3.63, 3.8) is 0 Å². The molecule has 384 valence electrons. The van der Waals surface area contributed by atoms with E-state index in [0.29, 0.717) is 19.3 Å². The van der Waals surface area contributed by atoms with E-state index >= 15 is 0 Å². The minimum Gasteiger partial charge on any atom is -0.462 e. The molecule has 1 fully saturated rings. The summed E-state index contributed by atoms with van der Waals surface area (Å²) < 4.78 is 47.7. The lowest BCUT2D eigenvalue weighted by Crippen LogP contribution is -2.30. The molecular weight excluding hydrogens is 910 g/mol. The lowest BCUT2D eigenvalue weighted by Gasteiger charge is -2.21. The van der Waals surface area contributed by atoms with Crippen molar-refractivity contribution in [2.75, 3.05) is 26.4 Å². The van der Waals surface area contributed by atoms with E-state index < -0.39 is 96.4 Å². The van der Waals surface area contributed by atoms with Gasteiger partial charge in [0.05, 0.1) is 38.1 Å². The lowest BCUT2D eigenvalue weighted by atomic mass is 9.87. The Bertz CT molecular complexity index is 1640. The minimum absolute atomic E-state index is 0.0120. The molecule has 0 aromatic rings. The number of hydrogen-bond acceptors (Lipinski definition) is 14. The van der Waals surface area contributed by atoms with E-state index in [4.69, 9.17) is 23.8 Å². The second kappa shape index (κ2) is 37.9. The number of allylic oxidation sites excluding steroid dienone is 10. The van der Waals surface area contributed by atoms with E-state index in [1.54, 1.807) is 12.2 Å². The second-order valence-electron chi connectivity index (χ2n) is 16.6. The van der Waals surface area contributed by atoms with Crippen LogP contribution in [-0.2, 0) is 46.6 Å². The molecule has 8 atom stereocenters. The monoisotopic (exact) mass is 990 g/mol. The first kappa shape index (κ1) is 62.1. The van der Waals surface area contributed by atoms with Crippen LogP contribution < -0.4 is 0 Å². The van der Waals surface area contributed by atoms with Gasteiger partial charge < -0.3 is 44.6 Å². The maximum Gasteiger partial charge on any atom is 0.472 e. The van der Waals surface area contributed by atoms with Crippen molar-refractivity contribution < 1.29 is 81.7 Å². The maximum absolute atomic E-state index is 12.9. The van der Waals surface area contributed by atoms with Crippen LogP contribution in [0.2, 0.25) is 0 Å². The third kappa shape index (κ3) is 35.0. The molecule has 0 bridgehead atoms. The quantitative estimate of drug-likeness (QED) is 0.0132. The third-order valence-corrected chi connectivity index (χ3v) is 12.0. The summed E-state index contributed by atoms with van der Waals surface area (Å²) in [5, 5.41) is 41.1. The summed E-state index contributed by atoms with van der Waals surface area (Å²) in [6, 6.07) is 0. The van der Waals surface area contributed by atoms with Gasteiger partial charge in [-0.2, -0.15) is 0 Å². The zero-order chi connectivity index (χ0) is 49.8. The molecule has 17 nitrogen and oxygen atoms in total. The van der Waals surface area contributed by atoms with Crippen molar-refractivity contribution in [1.82, 2.24) is 0 Å². The topological polar surface area (TPSA) is 273 Å². The minimum atomic E-state index is -4.92. The summed E-state index contributed by atoms with van der Waals surface area (Å²) in [5.74, 6) is -2.50. The summed E-state index contributed by atoms with van der Waals surface area (Å²) in [6.45, 7) is 1.07. The standard InChI is InChI=1S/C48H80O17P2/c1-3-5-7-8-9-10-11-12-13-14-15-16-17-18-19-20-21-22-24-30-48(55)65-42(38-64-67(59,60)63-36-41(51)35-62-66(56,57)58)37-61-47(54)29-26-25-28-40(50)33-44-43(45(52)34-46(44)53)32-31-39(49)27-23-6-4-2/h5,7,9-10,12-13,15-16,18-19,31-32,39,41-46,49,51-53H,3-4,6,8,11,14,17,20-30,33-38H2,1-2H3,(H,59,60)(H2,56,57,58)/b7-5-,10-9-,13-12-,16-15-,19-18-,32-31+/t39-,41-,42+,43+,44+,45+,46-/m0/s1. The summed E-state index contributed by atoms with van der Waals surface area (Å²) in [5.41, 5.74) is 0. The number of ketones is 1. The molecule has 1 aliphatic rings. The van der Waals surface area contributed by atoms with Crippen LogP contribution in [-0.4, -0.2) is 110 Å². The largest absolute Gasteiger partial charge is 0.472 e. The van der Waals surface area contributed by atoms with Crippen molar-refractivity contribution in [1.29, 1.82) is 0 Å². The van der Waals surface area contributed by atoms with Crippen LogP contribution in [0.3, 0.4) is 0 Å². The predicted molar refractivity (Wildman–Crippen MR) is 255 cm³/mol. The first-order valence-corrected chi connectivity index (χ1v) is 26.8. The molecule has 7 N–H and O–H groups in total. The summed E-state index contributed by atoms with van der Waals surface area (Å²) in [7, 11) is -9.83. The number of phosphoric ester groups is 2. The van der Waals surface area contributed by atoms with Crippen LogP contribution in [0.1, 0.15) is 142 Å². The first-order chi connectivity index (χ1) is 32.0. The van der Waals surface area contributed by atoms with Gasteiger partial charge in [-0.05, 0) is 70.6 Å². The Morgan fingerprint density at radius 2 is 1.21 bits per heavy atom. The number of unbranched alkanes of at least 4 members (excludes halogenated alkanes) is 6. The summed E-state index contributed by atoms with van der Waals surface area (Å²) in [4.78, 5) is 65.9. The average Bonchev–Trinajstić information content (AvgIpc) is 3.54. The fourth-order valence-electron chi connectivity index (χ4n) is 6.90. The number of ether oxygens (including phenoxy) is 2. The van der Waals surface area contributed by atoms with Gasteiger partial charge in [-0.3, -0.25) is 28.0 Å². The maximum atomic E-state index is 12.9. The third-order valence-electron chi connectivity index (χ3n) is 10.6. The number of carbonyl (C=O) groups is 3. The average molecular weight is 991 g/mol. The number of phosphoric acid groups is 2. The molecule has 67 heavy (non-hydrogen) atoms. The molecule has 0 heterocycles. The smallest absolute Gasteiger partial charge is 0.462 e. The second-order valence-corrected chi connectivity index (χ2v) is 19.3. The van der Waals surface area contributed by atoms with Gasteiger partial charge in [0, 0.05) is 43.9 Å². The number of carbonyl (C=O) groups excluding carboxylic acids is 3. The van der Waals surface area contributed by atoms with Gasteiger partial charge in [0.1, 0.15) is 18.5 Å². The van der Waals surface area contributed by atoms with Crippen molar-refractivity contribution in [3.8, 4) is 0 Å². The van der Waals surface area contributed by atoms with E-state index in [2.05, 4.69) is 83.7 Å². The van der Waals surface area contributed by atoms with Crippen molar-refractivity contribution in [2.24, 2.45) is 11.8 Å². The summed E-state index contributed by atoms with van der Waals surface area (Å²) in [6.07, 6.45) is 30.9. The molecule has 0 saturated heterocycles. The highest BCUT2D eigenvalue weighted by Crippen LogP contribution is 2.44. The van der Waals surface area contributed by atoms with E-state index in [-0.39, 0.29) is 44.3 Å². The van der Waals surface area contributed by atoms with Crippen molar-refractivity contribution in [3.05, 3.63) is 72.9 Å². The van der Waals surface area contributed by atoms with Gasteiger partial charge >= 0.3 is 27.6 Å². The van der Waals surface area contributed by atoms with Crippen LogP contribution >= 0.6 is 15.6 Å². The molecule has 0 spiro atoms. The van der Waals surface area contributed by atoms with Gasteiger partial charge in [-0.25, -0.2) is 9.13 Å². The highest BCUT2D eigenvalue weighted by atomic mass is 31.2. The van der Waals surface area contributed by atoms with Crippen LogP contribution in [0.15, 0.2) is 72.9 Å². The number of rotatable bonds is 40. The van der Waals surface area contributed by atoms with Crippen molar-refractivity contribution in [2.45, 2.75) is 173 Å². The van der Waals surface area contributed by atoms with E-state index in [1.807, 2.05) is 0 Å². The van der Waals surface area contributed by atoms with Crippen LogP contribution in [0.5, 0.6) is 0 Å². The Hall–Kier alpha value is -2.89. The first-order valence-electron chi connectivity index (χ1n) is 23.8. The number of Topliss-reactive ketones (excluding diaryl/α,β-unsaturated/α-hetero) is 1. The molecule has 0 radical (unpaired) electrons. The number of esters is 2. The molecule has 0 aliphatic heterocycles. The van der Waals surface area contributed by atoms with E-state index in [1.165, 1.54) is 0 Å². The van der Waals surface area contributed by atoms with Crippen LogP contribution in [0, 0.1) is 11.8 Å². The molecule has 1 unspecified atom stereocenters. The molecule has 1 saturated carbocycles. The van der Waals surface area contributed by atoms with Crippen LogP contribution in [0.25, 0.3) is 0 Å². The molecular formula is C48H80O17P2. The molecule has 1 aliphatic carbocycles. The fourth-order valence-corrected chi connectivity index (χ4v) is 8.05. The Kier molecular flexibility index (Phi) is 35.2. The Morgan fingerprint density at radius 1 is 0.642 bits per heavy atom.